The fourth-order valence-corrected chi connectivity index (χ4v) is 9.12. The largest absolute Gasteiger partial charge is 0.462 e. The maximum atomic E-state index is 13.3. The molecule has 0 radical (unpaired) electrons. The van der Waals surface area contributed by atoms with Gasteiger partial charge in [-0.25, -0.2) is 0 Å². The first kappa shape index (κ1) is 65.8. The second-order valence-electron chi connectivity index (χ2n) is 20.5. The molecule has 6 nitrogen and oxygen atoms in total. The Morgan fingerprint density at radius 3 is 1.10 bits per heavy atom. The van der Waals surface area contributed by atoms with Crippen molar-refractivity contribution in [2.75, 3.05) is 6.61 Å². The Labute approximate surface area is 423 Å². The average molecular weight is 955 g/mol. The predicted molar refractivity (Wildman–Crippen MR) is 296 cm³/mol. The van der Waals surface area contributed by atoms with Crippen molar-refractivity contribution < 1.29 is 24.5 Å². The molecule has 0 aromatic heterocycles. The fourth-order valence-electron chi connectivity index (χ4n) is 9.12. The van der Waals surface area contributed by atoms with Crippen molar-refractivity contribution in [2.24, 2.45) is 0 Å². The second kappa shape index (κ2) is 55.7. The molecule has 0 saturated heterocycles. The van der Waals surface area contributed by atoms with E-state index in [1.807, 2.05) is 0 Å². The molecule has 0 heterocycles. The van der Waals surface area contributed by atoms with Gasteiger partial charge in [-0.05, 0) is 77.0 Å². The first-order valence-electron chi connectivity index (χ1n) is 29.9. The molecule has 3 atom stereocenters. The minimum atomic E-state index is -0.801. The normalized spacial score (nSPS) is 13.4. The summed E-state index contributed by atoms with van der Waals surface area (Å²) in [6.45, 7) is 6.50. The van der Waals surface area contributed by atoms with Crippen LogP contribution in [0.1, 0.15) is 310 Å². The number of ether oxygens (including phenoxy) is 1. The number of carbonyl (C=O) groups excluding carboxylic acids is 2. The van der Waals surface area contributed by atoms with E-state index in [0.29, 0.717) is 19.3 Å². The zero-order valence-electron chi connectivity index (χ0n) is 45.5. The molecular weight excluding hydrogens is 839 g/mol. The molecule has 0 fully saturated rings. The highest BCUT2D eigenvalue weighted by Gasteiger charge is 2.24. The van der Waals surface area contributed by atoms with E-state index in [-0.39, 0.29) is 24.9 Å². The van der Waals surface area contributed by atoms with Crippen LogP contribution in [-0.2, 0) is 14.3 Å². The van der Waals surface area contributed by atoms with Crippen LogP contribution in [0.25, 0.3) is 0 Å². The quantitative estimate of drug-likeness (QED) is 0.0321. The molecule has 6 heteroatoms. The van der Waals surface area contributed by atoms with E-state index in [9.17, 15) is 19.8 Å². The van der Waals surface area contributed by atoms with E-state index in [2.05, 4.69) is 74.7 Å². The maximum absolute atomic E-state index is 13.3. The van der Waals surface area contributed by atoms with Crippen LogP contribution in [0.15, 0.2) is 48.6 Å². The van der Waals surface area contributed by atoms with Gasteiger partial charge in [0.25, 0.3) is 0 Å². The lowest BCUT2D eigenvalue weighted by Gasteiger charge is -2.24. The number of hydrogen-bond donors (Lipinski definition) is 3. The van der Waals surface area contributed by atoms with Crippen LogP contribution >= 0.6 is 0 Å². The molecule has 0 aliphatic carbocycles. The molecule has 0 aliphatic heterocycles. The minimum Gasteiger partial charge on any atom is -0.462 e. The number of amides is 1. The van der Waals surface area contributed by atoms with Gasteiger partial charge < -0.3 is 20.3 Å². The standard InChI is InChI=1S/C62H115NO5/c1-4-7-10-13-16-19-22-25-28-31-33-36-39-42-45-48-51-54-60(65)59(57-64)63-61(66)56-58(53-50-47-44-41-38-35-32-29-26-23-20-17-14-11-8-5-2)68-62(67)55-52-49-46-43-40-37-34-30-27-24-21-18-15-12-9-6-3/h29-30,32,34-35,37-38,40,58-60,64-65H,4-28,31,33,36,39,41-57H2,1-3H3,(H,63,66)/b32-29+,34-30+,38-35+,40-37+. The first-order chi connectivity index (χ1) is 33.5. The number of aliphatic hydroxyl groups is 2. The minimum absolute atomic E-state index is 0.0504. The summed E-state index contributed by atoms with van der Waals surface area (Å²) in [4.78, 5) is 26.3. The summed E-state index contributed by atoms with van der Waals surface area (Å²) in [5, 5.41) is 23.9. The second-order valence-corrected chi connectivity index (χ2v) is 20.5. The zero-order chi connectivity index (χ0) is 49.5. The first-order valence-corrected chi connectivity index (χ1v) is 29.9. The topological polar surface area (TPSA) is 95.9 Å². The molecule has 3 N–H and O–H groups in total. The van der Waals surface area contributed by atoms with E-state index < -0.39 is 18.2 Å². The van der Waals surface area contributed by atoms with E-state index in [0.717, 1.165) is 83.5 Å². The van der Waals surface area contributed by atoms with E-state index in [1.54, 1.807) is 0 Å². The lowest BCUT2D eigenvalue weighted by molar-refractivity contribution is -0.151. The molecule has 0 aromatic rings. The van der Waals surface area contributed by atoms with E-state index in [4.69, 9.17) is 4.74 Å². The van der Waals surface area contributed by atoms with Gasteiger partial charge in [-0.1, -0.05) is 268 Å². The van der Waals surface area contributed by atoms with Gasteiger partial charge in [0, 0.05) is 6.42 Å². The molecule has 0 aliphatic rings. The highest BCUT2D eigenvalue weighted by atomic mass is 16.5. The van der Waals surface area contributed by atoms with Crippen molar-refractivity contribution in [3.05, 3.63) is 48.6 Å². The highest BCUT2D eigenvalue weighted by molar-refractivity contribution is 5.77. The number of allylic oxidation sites excluding steroid dienone is 8. The monoisotopic (exact) mass is 954 g/mol. The summed E-state index contributed by atoms with van der Waals surface area (Å²) < 4.78 is 5.94. The third-order valence-corrected chi connectivity index (χ3v) is 13.7. The molecule has 0 bridgehead atoms. The van der Waals surface area contributed by atoms with Crippen LogP contribution in [0.5, 0.6) is 0 Å². The number of nitrogens with one attached hydrogen (secondary N) is 1. The fraction of sp³-hybridized carbons (Fsp3) is 0.839. The molecule has 0 saturated carbocycles. The predicted octanol–water partition coefficient (Wildman–Crippen LogP) is 18.6. The van der Waals surface area contributed by atoms with Crippen molar-refractivity contribution in [2.45, 2.75) is 328 Å². The van der Waals surface area contributed by atoms with Crippen LogP contribution in [0.4, 0.5) is 0 Å². The van der Waals surface area contributed by atoms with Gasteiger partial charge in [0.1, 0.15) is 6.10 Å². The van der Waals surface area contributed by atoms with Crippen molar-refractivity contribution in [1.29, 1.82) is 0 Å². The van der Waals surface area contributed by atoms with Gasteiger partial charge in [0.15, 0.2) is 0 Å². The Balaban J connectivity index is 4.61. The Morgan fingerprint density at radius 2 is 0.735 bits per heavy atom. The van der Waals surface area contributed by atoms with Crippen molar-refractivity contribution in [1.82, 2.24) is 5.32 Å². The Kier molecular flexibility index (Phi) is 54.0. The van der Waals surface area contributed by atoms with Crippen molar-refractivity contribution in [3.8, 4) is 0 Å². The summed E-state index contributed by atoms with van der Waals surface area (Å²) in [7, 11) is 0. The third kappa shape index (κ3) is 50.2. The molecule has 0 spiro atoms. The lowest BCUT2D eigenvalue weighted by Crippen LogP contribution is -2.46. The van der Waals surface area contributed by atoms with E-state index >= 15 is 0 Å². The number of carbonyl (C=O) groups is 2. The Bertz CT molecular complexity index is 1160. The molecule has 68 heavy (non-hydrogen) atoms. The van der Waals surface area contributed by atoms with Crippen LogP contribution in [0.3, 0.4) is 0 Å². The van der Waals surface area contributed by atoms with Crippen molar-refractivity contribution >= 4 is 11.9 Å². The Morgan fingerprint density at radius 1 is 0.426 bits per heavy atom. The summed E-state index contributed by atoms with van der Waals surface area (Å²) in [6.07, 6.45) is 68.9. The van der Waals surface area contributed by atoms with Gasteiger partial charge in [-0.15, -0.1) is 0 Å². The highest BCUT2D eigenvalue weighted by Crippen LogP contribution is 2.18. The molecule has 0 aromatic carbocycles. The Hall–Kier alpha value is -2.18. The average Bonchev–Trinajstić information content (AvgIpc) is 3.33. The van der Waals surface area contributed by atoms with Gasteiger partial charge >= 0.3 is 5.97 Å². The van der Waals surface area contributed by atoms with Gasteiger partial charge in [0.05, 0.1) is 25.2 Å². The number of hydrogen-bond acceptors (Lipinski definition) is 5. The van der Waals surface area contributed by atoms with Gasteiger partial charge in [-0.3, -0.25) is 9.59 Å². The zero-order valence-corrected chi connectivity index (χ0v) is 45.5. The van der Waals surface area contributed by atoms with E-state index in [1.165, 1.54) is 180 Å². The molecule has 1 amide bonds. The van der Waals surface area contributed by atoms with Crippen LogP contribution in [0.2, 0.25) is 0 Å². The molecule has 398 valence electrons. The number of aliphatic hydroxyl groups excluding tert-OH is 2. The molecular formula is C62H115NO5. The molecule has 3 unspecified atom stereocenters. The summed E-state index contributed by atoms with van der Waals surface area (Å²) >= 11 is 0. The van der Waals surface area contributed by atoms with Gasteiger partial charge in [0.2, 0.25) is 5.91 Å². The maximum Gasteiger partial charge on any atom is 0.306 e. The molecule has 0 rings (SSSR count). The number of rotatable bonds is 54. The smallest absolute Gasteiger partial charge is 0.306 e. The van der Waals surface area contributed by atoms with Crippen LogP contribution < -0.4 is 5.32 Å². The van der Waals surface area contributed by atoms with Crippen LogP contribution in [-0.4, -0.2) is 46.9 Å². The lowest BCUT2D eigenvalue weighted by atomic mass is 10.0. The summed E-state index contributed by atoms with van der Waals surface area (Å²) in [6, 6.07) is -0.717. The van der Waals surface area contributed by atoms with Crippen molar-refractivity contribution in [3.63, 3.8) is 0 Å². The SMILES string of the molecule is CCCCCCCCC/C=C/C=C/CCCCCC(=O)OC(CCCCC/C=C/C=C/CCCCCCCCC)CC(=O)NC(CO)C(O)CCCCCCCCCCCCCCCCCCC. The number of esters is 1. The number of unbranched alkanes of at least 4 members (excludes halogenated alkanes) is 36. The summed E-state index contributed by atoms with van der Waals surface area (Å²) in [5.74, 6) is -0.520. The third-order valence-electron chi connectivity index (χ3n) is 13.7. The van der Waals surface area contributed by atoms with Gasteiger partial charge in [-0.2, -0.15) is 0 Å². The van der Waals surface area contributed by atoms with Crippen LogP contribution in [0, 0.1) is 0 Å². The summed E-state index contributed by atoms with van der Waals surface area (Å²) in [5.41, 5.74) is 0.